The summed E-state index contributed by atoms with van der Waals surface area (Å²) in [4.78, 5) is 4.50. The lowest BCUT2D eigenvalue weighted by Crippen LogP contribution is -2.33. The molecule has 0 aliphatic carbocycles. The van der Waals surface area contributed by atoms with Crippen LogP contribution in [0.2, 0.25) is 5.02 Å². The van der Waals surface area contributed by atoms with Crippen LogP contribution >= 0.6 is 11.6 Å². The van der Waals surface area contributed by atoms with E-state index < -0.39 is 10.0 Å². The van der Waals surface area contributed by atoms with Crippen molar-refractivity contribution in [3.63, 3.8) is 0 Å². The van der Waals surface area contributed by atoms with Gasteiger partial charge in [-0.2, -0.15) is 0 Å². The molecular weight excluding hydrogens is 362 g/mol. The summed E-state index contributed by atoms with van der Waals surface area (Å²) >= 11 is 6.21. The van der Waals surface area contributed by atoms with Crippen LogP contribution in [0, 0.1) is 5.92 Å². The Labute approximate surface area is 152 Å². The quantitative estimate of drug-likeness (QED) is 0.882. The Bertz CT molecular complexity index is 910. The van der Waals surface area contributed by atoms with Crippen LogP contribution < -0.4 is 9.46 Å². The monoisotopic (exact) mass is 381 g/mol. The Kier molecular flexibility index (Phi) is 4.25. The summed E-state index contributed by atoms with van der Waals surface area (Å²) in [6.07, 6.45) is 6.22. The zero-order valence-electron chi connectivity index (χ0n) is 13.9. The molecule has 134 valence electrons. The number of halogens is 1. The molecule has 0 bridgehead atoms. The van der Waals surface area contributed by atoms with E-state index in [9.17, 15) is 8.42 Å². The first-order valence-electron chi connectivity index (χ1n) is 8.41. The van der Waals surface area contributed by atoms with Crippen LogP contribution in [0.25, 0.3) is 0 Å². The van der Waals surface area contributed by atoms with Crippen molar-refractivity contribution in [2.24, 2.45) is 5.92 Å². The molecule has 0 saturated heterocycles. The highest BCUT2D eigenvalue weighted by atomic mass is 35.5. The lowest BCUT2D eigenvalue weighted by molar-refractivity contribution is 0.255. The smallest absolute Gasteiger partial charge is 0.240 e. The summed E-state index contributed by atoms with van der Waals surface area (Å²) in [6.45, 7) is 3.13. The van der Waals surface area contributed by atoms with Crippen molar-refractivity contribution in [2.45, 2.75) is 43.7 Å². The fourth-order valence-corrected chi connectivity index (χ4v) is 5.07. The number of rotatable bonds is 4. The number of benzene rings is 1. The standard InChI is InChI=1S/C17H20ClN3O3S/c1-11-6-13-7-14(8-15(18)17(13)24-11)25(22,23)20-9-12-2-3-16-19-4-5-21(16)10-12/h4-5,7-8,11-12,20H,2-3,6,9-10H2,1H3. The van der Waals surface area contributed by atoms with Crippen LogP contribution in [0.1, 0.15) is 24.7 Å². The molecule has 2 aliphatic heterocycles. The first-order valence-corrected chi connectivity index (χ1v) is 10.3. The van der Waals surface area contributed by atoms with E-state index in [0.717, 1.165) is 30.8 Å². The summed E-state index contributed by atoms with van der Waals surface area (Å²) in [5.41, 5.74) is 0.848. The molecule has 2 atom stereocenters. The van der Waals surface area contributed by atoms with Crippen LogP contribution in [0.4, 0.5) is 0 Å². The lowest BCUT2D eigenvalue weighted by atomic mass is 10.00. The molecule has 1 aromatic heterocycles. The molecule has 0 radical (unpaired) electrons. The Morgan fingerprint density at radius 3 is 3.12 bits per heavy atom. The van der Waals surface area contributed by atoms with Gasteiger partial charge in [0.1, 0.15) is 17.7 Å². The van der Waals surface area contributed by atoms with Gasteiger partial charge in [0.2, 0.25) is 10.0 Å². The largest absolute Gasteiger partial charge is 0.489 e. The third-order valence-electron chi connectivity index (χ3n) is 4.83. The van der Waals surface area contributed by atoms with Crippen LogP contribution in [0.15, 0.2) is 29.4 Å². The molecule has 3 heterocycles. The fraction of sp³-hybridized carbons (Fsp3) is 0.471. The van der Waals surface area contributed by atoms with E-state index in [0.29, 0.717) is 23.7 Å². The fourth-order valence-electron chi connectivity index (χ4n) is 3.53. The number of imidazole rings is 1. The van der Waals surface area contributed by atoms with Gasteiger partial charge in [-0.1, -0.05) is 11.6 Å². The number of aryl methyl sites for hydroxylation is 1. The maximum atomic E-state index is 12.7. The number of hydrogen-bond donors (Lipinski definition) is 1. The normalized spacial score (nSPS) is 22.3. The predicted octanol–water partition coefficient (Wildman–Crippen LogP) is 2.40. The van der Waals surface area contributed by atoms with Crippen molar-refractivity contribution >= 4 is 21.6 Å². The molecule has 2 aliphatic rings. The minimum Gasteiger partial charge on any atom is -0.489 e. The molecule has 6 nitrogen and oxygen atoms in total. The Hall–Kier alpha value is -1.57. The summed E-state index contributed by atoms with van der Waals surface area (Å²) in [5.74, 6) is 1.93. The van der Waals surface area contributed by atoms with Crippen molar-refractivity contribution in [3.05, 3.63) is 40.9 Å². The van der Waals surface area contributed by atoms with Crippen LogP contribution in [-0.2, 0) is 29.4 Å². The number of nitrogens with zero attached hydrogens (tertiary/aromatic N) is 2. The summed E-state index contributed by atoms with van der Waals surface area (Å²) in [5, 5.41) is 0.350. The van der Waals surface area contributed by atoms with Crippen LogP contribution in [-0.4, -0.2) is 30.6 Å². The minimum atomic E-state index is -3.60. The zero-order valence-corrected chi connectivity index (χ0v) is 15.5. The number of sulfonamides is 1. The van der Waals surface area contributed by atoms with E-state index in [-0.39, 0.29) is 16.9 Å². The highest BCUT2D eigenvalue weighted by molar-refractivity contribution is 7.89. The van der Waals surface area contributed by atoms with E-state index in [1.165, 1.54) is 6.07 Å². The first-order chi connectivity index (χ1) is 11.9. The first kappa shape index (κ1) is 16.9. The van der Waals surface area contributed by atoms with Gasteiger partial charge in [0.15, 0.2) is 0 Å². The van der Waals surface area contributed by atoms with Crippen LogP contribution in [0.5, 0.6) is 5.75 Å². The van der Waals surface area contributed by atoms with Gasteiger partial charge < -0.3 is 9.30 Å². The van der Waals surface area contributed by atoms with Gasteiger partial charge in [0.05, 0.1) is 9.92 Å². The molecule has 25 heavy (non-hydrogen) atoms. The highest BCUT2D eigenvalue weighted by Crippen LogP contribution is 2.38. The third-order valence-corrected chi connectivity index (χ3v) is 6.51. The Balaban J connectivity index is 1.48. The summed E-state index contributed by atoms with van der Waals surface area (Å²) in [7, 11) is -3.60. The maximum Gasteiger partial charge on any atom is 0.240 e. The summed E-state index contributed by atoms with van der Waals surface area (Å²) < 4.78 is 35.8. The minimum absolute atomic E-state index is 0.0185. The lowest BCUT2D eigenvalue weighted by Gasteiger charge is -2.24. The molecule has 0 amide bonds. The average Bonchev–Trinajstić information content (AvgIpc) is 3.18. The molecule has 2 unspecified atom stereocenters. The van der Waals surface area contributed by atoms with Gasteiger partial charge in [-0.25, -0.2) is 18.1 Å². The molecule has 8 heteroatoms. The van der Waals surface area contributed by atoms with E-state index in [1.807, 2.05) is 13.1 Å². The molecular formula is C17H20ClN3O3S. The second kappa shape index (κ2) is 6.30. The van der Waals surface area contributed by atoms with Gasteiger partial charge in [0, 0.05) is 43.9 Å². The van der Waals surface area contributed by atoms with Crippen LogP contribution in [0.3, 0.4) is 0 Å². The number of fused-ring (bicyclic) bond motifs is 2. The van der Waals surface area contributed by atoms with E-state index in [1.54, 1.807) is 12.3 Å². The molecule has 0 saturated carbocycles. The Morgan fingerprint density at radius 2 is 2.28 bits per heavy atom. The zero-order chi connectivity index (χ0) is 17.6. The second-order valence-electron chi connectivity index (χ2n) is 6.78. The molecule has 2 aromatic rings. The predicted molar refractivity (Wildman–Crippen MR) is 94.5 cm³/mol. The maximum absolute atomic E-state index is 12.7. The van der Waals surface area contributed by atoms with E-state index in [2.05, 4.69) is 14.3 Å². The number of nitrogens with one attached hydrogen (secondary N) is 1. The number of hydrogen-bond acceptors (Lipinski definition) is 4. The van der Waals surface area contributed by atoms with Gasteiger partial charge in [-0.3, -0.25) is 0 Å². The Morgan fingerprint density at radius 1 is 1.44 bits per heavy atom. The van der Waals surface area contributed by atoms with Crippen molar-refractivity contribution in [1.29, 1.82) is 0 Å². The average molecular weight is 382 g/mol. The molecule has 0 fully saturated rings. The van der Waals surface area contributed by atoms with E-state index in [4.69, 9.17) is 16.3 Å². The molecule has 1 aromatic carbocycles. The molecule has 0 spiro atoms. The van der Waals surface area contributed by atoms with Crippen molar-refractivity contribution in [2.75, 3.05) is 6.54 Å². The second-order valence-corrected chi connectivity index (χ2v) is 8.95. The van der Waals surface area contributed by atoms with Crippen molar-refractivity contribution in [1.82, 2.24) is 14.3 Å². The topological polar surface area (TPSA) is 73.2 Å². The number of ether oxygens (including phenoxy) is 1. The SMILES string of the molecule is CC1Cc2cc(S(=O)(=O)NCC3CCc4nccn4C3)cc(Cl)c2O1. The van der Waals surface area contributed by atoms with Gasteiger partial charge >= 0.3 is 0 Å². The van der Waals surface area contributed by atoms with Crippen molar-refractivity contribution < 1.29 is 13.2 Å². The third kappa shape index (κ3) is 3.28. The van der Waals surface area contributed by atoms with E-state index >= 15 is 0 Å². The van der Waals surface area contributed by atoms with Gasteiger partial charge in [-0.05, 0) is 31.4 Å². The number of aromatic nitrogens is 2. The molecule has 1 N–H and O–H groups in total. The van der Waals surface area contributed by atoms with Gasteiger partial charge in [-0.15, -0.1) is 0 Å². The molecule has 4 rings (SSSR count). The highest BCUT2D eigenvalue weighted by Gasteiger charge is 2.27. The van der Waals surface area contributed by atoms with Crippen molar-refractivity contribution in [3.8, 4) is 5.75 Å². The van der Waals surface area contributed by atoms with Gasteiger partial charge in [0.25, 0.3) is 0 Å². The summed E-state index contributed by atoms with van der Waals surface area (Å²) in [6, 6.07) is 3.14.